The van der Waals surface area contributed by atoms with Crippen molar-refractivity contribution in [2.75, 3.05) is 50.1 Å². The predicted octanol–water partition coefficient (Wildman–Crippen LogP) is 6.18. The number of anilines is 2. The lowest BCUT2D eigenvalue weighted by atomic mass is 10.1. The molecule has 0 aliphatic carbocycles. The minimum Gasteiger partial charge on any atom is -0.366 e. The average Bonchev–Trinajstić information content (AvgIpc) is 3.30. The number of thiazole rings is 1. The molecule has 0 bridgehead atoms. The smallest absolute Gasteiger partial charge is 0.293 e. The van der Waals surface area contributed by atoms with Crippen LogP contribution in [0.5, 0.6) is 0 Å². The molecule has 0 spiro atoms. The number of aryl methyl sites for hydroxylation is 1. The molecule has 194 valence electrons. The van der Waals surface area contributed by atoms with Crippen molar-refractivity contribution in [1.82, 2.24) is 9.88 Å². The van der Waals surface area contributed by atoms with E-state index in [1.807, 2.05) is 38.1 Å². The van der Waals surface area contributed by atoms with E-state index in [0.29, 0.717) is 22.4 Å². The first-order chi connectivity index (χ1) is 16.8. The van der Waals surface area contributed by atoms with Gasteiger partial charge in [-0.2, -0.15) is 0 Å². The molecule has 36 heavy (non-hydrogen) atoms. The number of amides is 1. The maximum absolute atomic E-state index is 13.7. The number of hydrogen-bond donors (Lipinski definition) is 0. The van der Waals surface area contributed by atoms with Gasteiger partial charge in [-0.1, -0.05) is 29.0 Å². The van der Waals surface area contributed by atoms with Gasteiger partial charge in [-0.15, -0.1) is 12.4 Å². The zero-order valence-corrected chi connectivity index (χ0v) is 23.1. The highest BCUT2D eigenvalue weighted by Crippen LogP contribution is 2.37. The highest BCUT2D eigenvalue weighted by molar-refractivity contribution is 7.23. The summed E-state index contributed by atoms with van der Waals surface area (Å²) in [5, 5.41) is 13.1. The van der Waals surface area contributed by atoms with Crippen LogP contribution in [0.4, 0.5) is 16.5 Å². The molecule has 0 saturated carbocycles. The fourth-order valence-electron chi connectivity index (χ4n) is 4.40. The van der Waals surface area contributed by atoms with Crippen molar-refractivity contribution in [2.45, 2.75) is 32.6 Å². The van der Waals surface area contributed by atoms with Crippen LogP contribution in [0.1, 0.15) is 41.6 Å². The molecule has 4 rings (SSSR count). The van der Waals surface area contributed by atoms with Gasteiger partial charge in [-0.25, -0.2) is 4.98 Å². The second kappa shape index (κ2) is 12.2. The third kappa shape index (κ3) is 6.08. The Labute approximate surface area is 226 Å². The van der Waals surface area contributed by atoms with E-state index in [0.717, 1.165) is 61.1 Å². The summed E-state index contributed by atoms with van der Waals surface area (Å²) in [7, 11) is 3.96. The standard InChI is InChI=1S/C25H30ClN5O3S.ClH/c1-17-8-10-19(26)23-22(17)27-25(35-23)30(15-7-12-28(2)3)24(32)18-9-11-20(21(16-18)31(33)34)29-13-5-4-6-14-29;/h8-11,16H,4-7,12-15H2,1-3H3;1H. The third-order valence-corrected chi connectivity index (χ3v) is 7.80. The lowest BCUT2D eigenvalue weighted by molar-refractivity contribution is -0.384. The van der Waals surface area contributed by atoms with E-state index < -0.39 is 4.92 Å². The van der Waals surface area contributed by atoms with Crippen molar-refractivity contribution < 1.29 is 9.72 Å². The summed E-state index contributed by atoms with van der Waals surface area (Å²) in [6.07, 6.45) is 3.89. The van der Waals surface area contributed by atoms with E-state index in [1.54, 1.807) is 17.0 Å². The van der Waals surface area contributed by atoms with Gasteiger partial charge in [0.2, 0.25) is 0 Å². The van der Waals surface area contributed by atoms with Gasteiger partial charge in [0.25, 0.3) is 11.6 Å². The quantitative estimate of drug-likeness (QED) is 0.245. The molecule has 0 atom stereocenters. The van der Waals surface area contributed by atoms with Crippen molar-refractivity contribution in [1.29, 1.82) is 0 Å². The molecule has 8 nitrogen and oxygen atoms in total. The zero-order chi connectivity index (χ0) is 25.1. The number of nitrogens with zero attached hydrogens (tertiary/aromatic N) is 5. The number of nitro benzene ring substituents is 1. The SMILES string of the molecule is Cc1ccc(Cl)c2sc(N(CCCN(C)C)C(=O)c3ccc(N4CCCCC4)c([N+](=O)[O-])c3)nc12.Cl. The van der Waals surface area contributed by atoms with Gasteiger partial charge < -0.3 is 9.80 Å². The Bertz CT molecular complexity index is 1200. The summed E-state index contributed by atoms with van der Waals surface area (Å²) in [6.45, 7) is 4.77. The molecule has 2 aromatic carbocycles. The maximum atomic E-state index is 13.7. The van der Waals surface area contributed by atoms with Gasteiger partial charge >= 0.3 is 0 Å². The van der Waals surface area contributed by atoms with Crippen LogP contribution in [0.2, 0.25) is 5.02 Å². The third-order valence-electron chi connectivity index (χ3n) is 6.26. The van der Waals surface area contributed by atoms with E-state index in [9.17, 15) is 14.9 Å². The second-order valence-corrected chi connectivity index (χ2v) is 10.5. The molecular weight excluding hydrogens is 521 g/mol. The summed E-state index contributed by atoms with van der Waals surface area (Å²) in [4.78, 5) is 35.8. The first-order valence-corrected chi connectivity index (χ1v) is 13.0. The molecule has 0 unspecified atom stereocenters. The molecule has 1 fully saturated rings. The summed E-state index contributed by atoms with van der Waals surface area (Å²) < 4.78 is 0.832. The molecule has 0 radical (unpaired) electrons. The molecule has 1 aliphatic heterocycles. The molecule has 1 amide bonds. The minimum atomic E-state index is -0.391. The summed E-state index contributed by atoms with van der Waals surface area (Å²) >= 11 is 7.79. The minimum absolute atomic E-state index is 0. The van der Waals surface area contributed by atoms with Gasteiger partial charge in [-0.05, 0) is 77.0 Å². The Hall–Kier alpha value is -2.46. The number of aromatic nitrogens is 1. The molecule has 11 heteroatoms. The number of rotatable bonds is 8. The van der Waals surface area contributed by atoms with E-state index in [2.05, 4.69) is 4.90 Å². The lowest BCUT2D eigenvalue weighted by Crippen LogP contribution is -2.34. The van der Waals surface area contributed by atoms with Crippen LogP contribution < -0.4 is 9.80 Å². The Morgan fingerprint density at radius 2 is 1.89 bits per heavy atom. The van der Waals surface area contributed by atoms with Gasteiger partial charge in [0.15, 0.2) is 5.13 Å². The van der Waals surface area contributed by atoms with Crippen LogP contribution >= 0.6 is 35.3 Å². The molecule has 1 aliphatic rings. The Kier molecular flexibility index (Phi) is 9.52. The summed E-state index contributed by atoms with van der Waals surface area (Å²) in [5.41, 5.74) is 2.58. The highest BCUT2D eigenvalue weighted by atomic mass is 35.5. The van der Waals surface area contributed by atoms with E-state index in [-0.39, 0.29) is 29.6 Å². The van der Waals surface area contributed by atoms with Crippen LogP contribution in [0.3, 0.4) is 0 Å². The second-order valence-electron chi connectivity index (χ2n) is 9.16. The van der Waals surface area contributed by atoms with Crippen LogP contribution in [-0.2, 0) is 0 Å². The van der Waals surface area contributed by atoms with Crippen molar-refractivity contribution in [3.8, 4) is 0 Å². The molecule has 2 heterocycles. The van der Waals surface area contributed by atoms with E-state index >= 15 is 0 Å². The van der Waals surface area contributed by atoms with Crippen molar-refractivity contribution >= 4 is 68.0 Å². The van der Waals surface area contributed by atoms with E-state index in [4.69, 9.17) is 16.6 Å². The van der Waals surface area contributed by atoms with Crippen molar-refractivity contribution in [3.05, 3.63) is 56.6 Å². The maximum Gasteiger partial charge on any atom is 0.293 e. The number of benzene rings is 2. The van der Waals surface area contributed by atoms with Crippen molar-refractivity contribution in [3.63, 3.8) is 0 Å². The van der Waals surface area contributed by atoms with Crippen molar-refractivity contribution in [2.24, 2.45) is 0 Å². The zero-order valence-electron chi connectivity index (χ0n) is 20.7. The van der Waals surface area contributed by atoms with Crippen LogP contribution in [0, 0.1) is 17.0 Å². The number of piperidine rings is 1. The number of fused-ring (bicyclic) bond motifs is 1. The highest BCUT2D eigenvalue weighted by Gasteiger charge is 2.27. The fraction of sp³-hybridized carbons (Fsp3) is 0.440. The monoisotopic (exact) mass is 551 g/mol. The van der Waals surface area contributed by atoms with Crippen LogP contribution in [-0.4, -0.2) is 61.0 Å². The first kappa shape index (κ1) is 28.1. The average molecular weight is 553 g/mol. The fourth-order valence-corrected chi connectivity index (χ4v) is 5.74. The summed E-state index contributed by atoms with van der Waals surface area (Å²) in [6, 6.07) is 8.58. The number of nitro groups is 1. The van der Waals surface area contributed by atoms with Crippen LogP contribution in [0.15, 0.2) is 30.3 Å². The Morgan fingerprint density at radius 3 is 2.53 bits per heavy atom. The number of hydrogen-bond acceptors (Lipinski definition) is 7. The topological polar surface area (TPSA) is 82.8 Å². The molecule has 1 aromatic heterocycles. The normalized spacial score (nSPS) is 13.6. The van der Waals surface area contributed by atoms with Gasteiger partial charge in [0.1, 0.15) is 5.69 Å². The predicted molar refractivity (Wildman–Crippen MR) is 151 cm³/mol. The van der Waals surface area contributed by atoms with Gasteiger partial charge in [0.05, 0.1) is 20.2 Å². The first-order valence-electron chi connectivity index (χ1n) is 11.8. The summed E-state index contributed by atoms with van der Waals surface area (Å²) in [5.74, 6) is -0.301. The molecule has 3 aromatic rings. The number of carbonyl (C=O) groups is 1. The Morgan fingerprint density at radius 1 is 1.17 bits per heavy atom. The van der Waals surface area contributed by atoms with Gasteiger partial charge in [0, 0.05) is 31.3 Å². The molecule has 0 N–H and O–H groups in total. The van der Waals surface area contributed by atoms with E-state index in [1.165, 1.54) is 17.4 Å². The lowest BCUT2D eigenvalue weighted by Gasteiger charge is -2.28. The van der Waals surface area contributed by atoms with Crippen LogP contribution in [0.25, 0.3) is 10.2 Å². The Balaban J connectivity index is 0.00000361. The van der Waals surface area contributed by atoms with Gasteiger partial charge in [-0.3, -0.25) is 19.8 Å². The largest absolute Gasteiger partial charge is 0.366 e. The number of carbonyl (C=O) groups excluding carboxylic acids is 1. The molecular formula is C25H31Cl2N5O3S. The number of halogens is 2. The molecule has 1 saturated heterocycles.